The van der Waals surface area contributed by atoms with Gasteiger partial charge in [0.15, 0.2) is 0 Å². The lowest BCUT2D eigenvalue weighted by atomic mass is 10.7. The highest BCUT2D eigenvalue weighted by Crippen LogP contribution is 1.54. The van der Waals surface area contributed by atoms with Gasteiger partial charge in [0, 0.05) is 6.08 Å². The van der Waals surface area contributed by atoms with Crippen LogP contribution in [0.15, 0.2) is 12.6 Å². The highest BCUT2D eigenvalue weighted by atomic mass is 16.4. The summed E-state index contributed by atoms with van der Waals surface area (Å²) in [5.74, 6) is -1.08. The van der Waals surface area contributed by atoms with Crippen LogP contribution in [-0.2, 0) is 4.79 Å². The van der Waals surface area contributed by atoms with Crippen LogP contribution in [0, 0.1) is 0 Å². The second kappa shape index (κ2) is 1.52. The van der Waals surface area contributed by atoms with Crippen molar-refractivity contribution in [1.29, 1.82) is 0 Å². The van der Waals surface area contributed by atoms with Gasteiger partial charge in [0.1, 0.15) is 0 Å². The van der Waals surface area contributed by atoms with Gasteiger partial charge in [-0.2, -0.15) is 0 Å². The van der Waals surface area contributed by atoms with Crippen LogP contribution in [0.1, 0.15) is 1.37 Å². The summed E-state index contributed by atoms with van der Waals surface area (Å²) in [7, 11) is 0. The molecule has 0 saturated carbocycles. The summed E-state index contributed by atoms with van der Waals surface area (Å²) >= 11 is 0. The monoisotopic (exact) mass is 73.0 g/mol. The van der Waals surface area contributed by atoms with Crippen molar-refractivity contribution in [2.24, 2.45) is 0 Å². The normalized spacial score (nSPS) is 11.6. The minimum Gasteiger partial charge on any atom is -0.478 e. The first-order chi connectivity index (χ1) is 2.77. The van der Waals surface area contributed by atoms with Crippen LogP contribution in [0.5, 0.6) is 0 Å². The van der Waals surface area contributed by atoms with Gasteiger partial charge < -0.3 is 5.11 Å². The van der Waals surface area contributed by atoms with Crippen LogP contribution in [0.4, 0.5) is 0 Å². The van der Waals surface area contributed by atoms with Gasteiger partial charge in [-0.15, -0.1) is 0 Å². The average Bonchev–Trinajstić information content (AvgIpc) is 1.35. The topological polar surface area (TPSA) is 37.3 Å². The van der Waals surface area contributed by atoms with Gasteiger partial charge in [-0.3, -0.25) is 0 Å². The lowest BCUT2D eigenvalue weighted by Crippen LogP contribution is -1.82. The van der Waals surface area contributed by atoms with Crippen LogP contribution in [0.2, 0.25) is 0 Å². The number of carboxylic acid groups (broad SMARTS) is 1. The molecule has 0 radical (unpaired) electrons. The van der Waals surface area contributed by atoms with E-state index in [4.69, 9.17) is 6.48 Å². The third-order valence-corrected chi connectivity index (χ3v) is 0.143. The summed E-state index contributed by atoms with van der Waals surface area (Å²) in [5, 5.41) is 7.71. The minimum atomic E-state index is -1.08. The predicted octanol–water partition coefficient (Wildman–Crippen LogP) is 0.257. The molecule has 0 saturated heterocycles. The fraction of sp³-hybridized carbons (Fsp3) is 0. The molecule has 0 heterocycles. The molecule has 0 rings (SSSR count). The Labute approximate surface area is 31.1 Å². The van der Waals surface area contributed by atoms with E-state index in [-0.39, 0.29) is 0 Å². The molecule has 0 aliphatic rings. The molecule has 0 unspecified atom stereocenters. The summed E-state index contributed by atoms with van der Waals surface area (Å²) in [6.07, 6.45) is 0.750. The van der Waals surface area contributed by atoms with E-state index in [1.807, 2.05) is 0 Å². The molecular weight excluding hydrogens is 68.0 g/mol. The van der Waals surface area contributed by atoms with Gasteiger partial charge in [0.2, 0.25) is 0 Å². The molecule has 5 heavy (non-hydrogen) atoms. The molecule has 0 aliphatic carbocycles. The maximum atomic E-state index is 9.39. The highest BCUT2D eigenvalue weighted by molar-refractivity contribution is 5.78. The van der Waals surface area contributed by atoms with E-state index in [0.29, 0.717) is 0 Å². The fourth-order valence-electron chi connectivity index (χ4n) is 0. The van der Waals surface area contributed by atoms with E-state index in [1.165, 1.54) is 0 Å². The van der Waals surface area contributed by atoms with Gasteiger partial charge >= 0.3 is 5.97 Å². The molecule has 2 heteroatoms. The van der Waals surface area contributed by atoms with Crippen molar-refractivity contribution in [3.63, 3.8) is 0 Å². The van der Waals surface area contributed by atoms with Crippen molar-refractivity contribution in [2.75, 3.05) is 0 Å². The zero-order chi connectivity index (χ0) is 4.99. The van der Waals surface area contributed by atoms with E-state index in [1.54, 1.807) is 0 Å². The number of hydrogen-bond donors (Lipinski definition) is 1. The van der Waals surface area contributed by atoms with Gasteiger partial charge in [0.25, 0.3) is 0 Å². The maximum absolute atomic E-state index is 9.39. The Morgan fingerprint density at radius 1 is 2.40 bits per heavy atom. The van der Waals surface area contributed by atoms with Crippen molar-refractivity contribution in [2.45, 2.75) is 0 Å². The van der Waals surface area contributed by atoms with Crippen LogP contribution in [0.25, 0.3) is 0 Å². The average molecular weight is 73.1 g/mol. The second-order valence-corrected chi connectivity index (χ2v) is 0.505. The smallest absolute Gasteiger partial charge is 0.327 e. The SMILES string of the molecule is [2H]C=CC(=O)O. The van der Waals surface area contributed by atoms with E-state index in [2.05, 4.69) is 0 Å². The quantitative estimate of drug-likeness (QED) is 0.452. The summed E-state index contributed by atoms with van der Waals surface area (Å²) in [4.78, 5) is 9.39. The van der Waals surface area contributed by atoms with E-state index < -0.39 is 5.97 Å². The van der Waals surface area contributed by atoms with Crippen molar-refractivity contribution in [3.8, 4) is 0 Å². The Morgan fingerprint density at radius 2 is 3.00 bits per heavy atom. The van der Waals surface area contributed by atoms with Gasteiger partial charge in [-0.25, -0.2) is 4.79 Å². The van der Waals surface area contributed by atoms with Crippen molar-refractivity contribution < 1.29 is 11.3 Å². The molecule has 0 atom stereocenters. The third-order valence-electron chi connectivity index (χ3n) is 0.143. The first-order valence-electron chi connectivity index (χ1n) is 1.63. The third kappa shape index (κ3) is 3.21. The van der Waals surface area contributed by atoms with Gasteiger partial charge in [0.05, 0.1) is 1.37 Å². The number of carboxylic acids is 1. The zero-order valence-corrected chi connectivity index (χ0v) is 2.51. The number of carbonyl (C=O) groups is 1. The number of hydrogen-bond acceptors (Lipinski definition) is 1. The Kier molecular flexibility index (Phi) is 0.745. The number of rotatable bonds is 1. The van der Waals surface area contributed by atoms with Gasteiger partial charge in [-0.05, 0) is 0 Å². The van der Waals surface area contributed by atoms with Crippen molar-refractivity contribution in [3.05, 3.63) is 12.6 Å². The summed E-state index contributed by atoms with van der Waals surface area (Å²) < 4.78 is 6.17. The lowest BCUT2D eigenvalue weighted by Gasteiger charge is -1.64. The van der Waals surface area contributed by atoms with Crippen LogP contribution < -0.4 is 0 Å². The number of aliphatic carboxylic acids is 1. The van der Waals surface area contributed by atoms with E-state index in [9.17, 15) is 4.79 Å². The fourth-order valence-corrected chi connectivity index (χ4v) is 0. The Bertz CT molecular complexity index is 76.9. The van der Waals surface area contributed by atoms with Crippen LogP contribution >= 0.6 is 0 Å². The first kappa shape index (κ1) is 2.45. The summed E-state index contributed by atoms with van der Waals surface area (Å²) in [6, 6.07) is 0. The first-order valence-corrected chi connectivity index (χ1v) is 1.05. The Hall–Kier alpha value is -0.790. The standard InChI is InChI=1S/C3H4O2/c1-2-3(4)5/h2H,1H2,(H,4,5)/i1D. The molecule has 0 aromatic rings. The largest absolute Gasteiger partial charge is 0.478 e. The molecule has 2 nitrogen and oxygen atoms in total. The molecule has 0 amide bonds. The molecule has 28 valence electrons. The van der Waals surface area contributed by atoms with E-state index >= 15 is 0 Å². The molecule has 1 N–H and O–H groups in total. The molecular formula is C3H4O2. The Balaban J connectivity index is 3.30. The molecule has 0 aromatic heterocycles. The Morgan fingerprint density at radius 3 is 3.00 bits per heavy atom. The van der Waals surface area contributed by atoms with Crippen molar-refractivity contribution in [1.82, 2.24) is 0 Å². The maximum Gasteiger partial charge on any atom is 0.327 e. The summed E-state index contributed by atoms with van der Waals surface area (Å²) in [5.41, 5.74) is 0. The zero-order valence-electron chi connectivity index (χ0n) is 3.51. The second-order valence-electron chi connectivity index (χ2n) is 0.505. The summed E-state index contributed by atoms with van der Waals surface area (Å²) in [6.45, 7) is 0.725. The van der Waals surface area contributed by atoms with E-state index in [0.717, 1.165) is 12.6 Å². The highest BCUT2D eigenvalue weighted by Gasteiger charge is 1.73. The molecule has 0 aliphatic heterocycles. The molecule has 0 bridgehead atoms. The van der Waals surface area contributed by atoms with Crippen molar-refractivity contribution >= 4 is 5.97 Å². The molecule has 0 fully saturated rings. The molecule has 0 aromatic carbocycles. The van der Waals surface area contributed by atoms with Crippen LogP contribution in [-0.4, -0.2) is 11.1 Å². The van der Waals surface area contributed by atoms with Crippen LogP contribution in [0.3, 0.4) is 0 Å². The predicted molar refractivity (Wildman–Crippen MR) is 17.8 cm³/mol. The lowest BCUT2D eigenvalue weighted by molar-refractivity contribution is -0.131. The van der Waals surface area contributed by atoms with Gasteiger partial charge in [-0.1, -0.05) is 6.55 Å². The molecule has 0 spiro atoms. The minimum absolute atomic E-state index is 0.725.